The minimum absolute atomic E-state index is 0.0514. The molecule has 4 aliphatic rings. The molecule has 1 aromatic rings. The second-order valence-corrected chi connectivity index (χ2v) is 9.86. The Kier molecular flexibility index (Phi) is 3.65. The molecule has 2 unspecified atom stereocenters. The van der Waals surface area contributed by atoms with Crippen molar-refractivity contribution in [3.05, 3.63) is 98.0 Å². The van der Waals surface area contributed by atoms with Gasteiger partial charge >= 0.3 is 0 Å². The summed E-state index contributed by atoms with van der Waals surface area (Å²) < 4.78 is 0. The number of fused-ring (bicyclic) bond motifs is 3. The molecule has 0 spiro atoms. The van der Waals surface area contributed by atoms with Crippen LogP contribution < -0.4 is 0 Å². The lowest BCUT2D eigenvalue weighted by Crippen LogP contribution is -2.27. The molecule has 0 nitrogen and oxygen atoms in total. The largest absolute Gasteiger partial charge is 0.122 e. The van der Waals surface area contributed by atoms with Crippen LogP contribution in [0.5, 0.6) is 0 Å². The summed E-state index contributed by atoms with van der Waals surface area (Å²) in [6.45, 7) is 11.8. The maximum atomic E-state index is 2.52. The summed E-state index contributed by atoms with van der Waals surface area (Å²) >= 11 is 1.94. The van der Waals surface area contributed by atoms with Crippen LogP contribution in [-0.2, 0) is 0 Å². The Bertz CT molecular complexity index is 1050. The molecular formula is C26H26S. The highest BCUT2D eigenvalue weighted by molar-refractivity contribution is 8.03. The monoisotopic (exact) mass is 370 g/mol. The lowest BCUT2D eigenvalue weighted by atomic mass is 9.65. The van der Waals surface area contributed by atoms with Gasteiger partial charge in [0.05, 0.1) is 5.25 Å². The molecule has 0 bridgehead atoms. The molecule has 136 valence electrons. The van der Waals surface area contributed by atoms with Crippen LogP contribution in [-0.4, -0.2) is 5.25 Å². The van der Waals surface area contributed by atoms with Crippen molar-refractivity contribution in [2.24, 2.45) is 5.41 Å². The average Bonchev–Trinajstić information content (AvgIpc) is 3.29. The molecule has 1 heterocycles. The van der Waals surface area contributed by atoms with E-state index in [9.17, 15) is 0 Å². The van der Waals surface area contributed by atoms with E-state index in [1.54, 1.807) is 0 Å². The highest BCUT2D eigenvalue weighted by atomic mass is 32.2. The summed E-state index contributed by atoms with van der Waals surface area (Å²) in [5.41, 5.74) is 13.3. The quantitative estimate of drug-likeness (QED) is 0.524. The van der Waals surface area contributed by atoms with Crippen molar-refractivity contribution in [3.8, 4) is 0 Å². The number of benzene rings is 1. The Balaban J connectivity index is 1.62. The molecule has 3 aliphatic carbocycles. The van der Waals surface area contributed by atoms with Gasteiger partial charge in [-0.1, -0.05) is 68.0 Å². The molecule has 1 heteroatoms. The van der Waals surface area contributed by atoms with Gasteiger partial charge in [-0.15, -0.1) is 11.8 Å². The summed E-state index contributed by atoms with van der Waals surface area (Å²) in [7, 11) is 0. The molecule has 0 N–H and O–H groups in total. The molecule has 0 saturated heterocycles. The highest BCUT2D eigenvalue weighted by Crippen LogP contribution is 2.57. The van der Waals surface area contributed by atoms with Crippen molar-refractivity contribution in [1.29, 1.82) is 0 Å². The van der Waals surface area contributed by atoms with E-state index in [4.69, 9.17) is 0 Å². The molecule has 1 aromatic carbocycles. The molecule has 0 amide bonds. The number of allylic oxidation sites excluding steroid dienone is 8. The average molecular weight is 371 g/mol. The first-order valence-electron chi connectivity index (χ1n) is 9.85. The van der Waals surface area contributed by atoms with E-state index >= 15 is 0 Å². The van der Waals surface area contributed by atoms with E-state index in [1.807, 2.05) is 11.8 Å². The fourth-order valence-electron chi connectivity index (χ4n) is 5.77. The minimum atomic E-state index is 0.0514. The Morgan fingerprint density at radius 1 is 0.963 bits per heavy atom. The zero-order valence-corrected chi connectivity index (χ0v) is 17.6. The van der Waals surface area contributed by atoms with Gasteiger partial charge in [0.15, 0.2) is 0 Å². The smallest absolute Gasteiger partial charge is 0.0530 e. The number of hydrogen-bond donors (Lipinski definition) is 0. The molecule has 27 heavy (non-hydrogen) atoms. The van der Waals surface area contributed by atoms with Gasteiger partial charge in [0.2, 0.25) is 0 Å². The Morgan fingerprint density at radius 2 is 1.74 bits per heavy atom. The standard InChI is InChI=1S/C26H26S/c1-15-12-18-8-6-7-9-20(18)24(15)26(4,5)25-16(2)13-21-17(3)19-10-11-27-23(19)14-22(21)25/h6-14,23-24H,1-5H3. The fourth-order valence-corrected chi connectivity index (χ4v) is 6.78. The third-order valence-electron chi connectivity index (χ3n) is 6.76. The predicted octanol–water partition coefficient (Wildman–Crippen LogP) is 7.36. The van der Waals surface area contributed by atoms with E-state index in [0.717, 1.165) is 0 Å². The van der Waals surface area contributed by atoms with Crippen molar-refractivity contribution < 1.29 is 0 Å². The molecule has 0 saturated carbocycles. The van der Waals surface area contributed by atoms with Crippen LogP contribution in [0.15, 0.2) is 86.9 Å². The number of hydrogen-bond acceptors (Lipinski definition) is 1. The van der Waals surface area contributed by atoms with Crippen LogP contribution in [0.2, 0.25) is 0 Å². The van der Waals surface area contributed by atoms with Gasteiger partial charge in [0, 0.05) is 11.3 Å². The molecule has 0 radical (unpaired) electrons. The molecule has 1 aliphatic heterocycles. The van der Waals surface area contributed by atoms with Gasteiger partial charge in [0.1, 0.15) is 0 Å². The Hall–Kier alpha value is -1.99. The topological polar surface area (TPSA) is 0 Å². The zero-order valence-electron chi connectivity index (χ0n) is 16.8. The van der Waals surface area contributed by atoms with E-state index < -0.39 is 0 Å². The zero-order chi connectivity index (χ0) is 18.9. The first kappa shape index (κ1) is 17.1. The third kappa shape index (κ3) is 2.31. The SMILES string of the molecule is CC1=Cc2ccccc2C1C(C)(C)C1=C(C)C=C2C1=CC1SC=CC1=C2C. The summed E-state index contributed by atoms with van der Waals surface area (Å²) in [5.74, 6) is 0.437. The molecule has 5 rings (SSSR count). The first-order valence-corrected chi connectivity index (χ1v) is 10.8. The van der Waals surface area contributed by atoms with Gasteiger partial charge in [0.25, 0.3) is 0 Å². The van der Waals surface area contributed by atoms with E-state index in [1.165, 1.54) is 50.1 Å². The van der Waals surface area contributed by atoms with Gasteiger partial charge in [-0.2, -0.15) is 0 Å². The summed E-state index contributed by atoms with van der Waals surface area (Å²) in [4.78, 5) is 0. The summed E-state index contributed by atoms with van der Waals surface area (Å²) in [6, 6.07) is 8.92. The second-order valence-electron chi connectivity index (χ2n) is 8.81. The Labute approximate surface area is 167 Å². The van der Waals surface area contributed by atoms with Crippen molar-refractivity contribution in [2.75, 3.05) is 0 Å². The first-order chi connectivity index (χ1) is 12.9. The highest BCUT2D eigenvalue weighted by Gasteiger charge is 2.43. The molecular weight excluding hydrogens is 344 g/mol. The van der Waals surface area contributed by atoms with Crippen LogP contribution >= 0.6 is 11.8 Å². The normalized spacial score (nSPS) is 26.0. The third-order valence-corrected chi connectivity index (χ3v) is 7.74. The van der Waals surface area contributed by atoms with Gasteiger partial charge < -0.3 is 0 Å². The predicted molar refractivity (Wildman–Crippen MR) is 119 cm³/mol. The van der Waals surface area contributed by atoms with Crippen LogP contribution in [0, 0.1) is 5.41 Å². The number of rotatable bonds is 2. The van der Waals surface area contributed by atoms with Crippen LogP contribution in [0.1, 0.15) is 51.7 Å². The lowest BCUT2D eigenvalue weighted by Gasteiger charge is -2.38. The van der Waals surface area contributed by atoms with E-state index in [0.29, 0.717) is 11.2 Å². The van der Waals surface area contributed by atoms with Crippen LogP contribution in [0.3, 0.4) is 0 Å². The maximum absolute atomic E-state index is 2.52. The van der Waals surface area contributed by atoms with Crippen LogP contribution in [0.4, 0.5) is 0 Å². The van der Waals surface area contributed by atoms with Crippen molar-refractivity contribution >= 4 is 17.8 Å². The second kappa shape index (κ2) is 5.75. The van der Waals surface area contributed by atoms with Gasteiger partial charge in [-0.25, -0.2) is 0 Å². The lowest BCUT2D eigenvalue weighted by molar-refractivity contribution is 0.392. The number of thioether (sulfide) groups is 1. The summed E-state index contributed by atoms with van der Waals surface area (Å²) in [6.07, 6.45) is 9.64. The fraction of sp³-hybridized carbons (Fsp3) is 0.308. The van der Waals surface area contributed by atoms with Gasteiger partial charge in [-0.05, 0) is 70.7 Å². The minimum Gasteiger partial charge on any atom is -0.122 e. The maximum Gasteiger partial charge on any atom is 0.0530 e. The van der Waals surface area contributed by atoms with Crippen LogP contribution in [0.25, 0.3) is 6.08 Å². The molecule has 2 atom stereocenters. The molecule has 0 aromatic heterocycles. The van der Waals surface area contributed by atoms with Crippen molar-refractivity contribution in [3.63, 3.8) is 0 Å². The summed E-state index contributed by atoms with van der Waals surface area (Å²) in [5, 5.41) is 2.74. The Morgan fingerprint density at radius 3 is 2.56 bits per heavy atom. The van der Waals surface area contributed by atoms with Crippen molar-refractivity contribution in [1.82, 2.24) is 0 Å². The van der Waals surface area contributed by atoms with E-state index in [-0.39, 0.29) is 5.41 Å². The van der Waals surface area contributed by atoms with Crippen molar-refractivity contribution in [2.45, 2.75) is 45.8 Å². The van der Waals surface area contributed by atoms with E-state index in [2.05, 4.69) is 88.6 Å². The van der Waals surface area contributed by atoms with Gasteiger partial charge in [-0.3, -0.25) is 0 Å². The molecule has 0 fully saturated rings.